The monoisotopic (exact) mass is 199 g/mol. The highest BCUT2D eigenvalue weighted by atomic mass is 32.2. The minimum Gasteiger partial charge on any atom is -0.316 e. The molecule has 1 saturated heterocycles. The molecule has 1 nitrogen and oxygen atoms in total. The lowest BCUT2D eigenvalue weighted by Gasteiger charge is -2.05. The van der Waals surface area contributed by atoms with Crippen LogP contribution in [0.4, 0.5) is 0 Å². The fraction of sp³-hybridized carbons (Fsp3) is 0.556. The average Bonchev–Trinajstić information content (AvgIpc) is 2.74. The van der Waals surface area contributed by atoms with E-state index < -0.39 is 0 Å². The van der Waals surface area contributed by atoms with Crippen molar-refractivity contribution in [2.24, 2.45) is 0 Å². The predicted octanol–water partition coefficient (Wildman–Crippen LogP) is 2.34. The van der Waals surface area contributed by atoms with Gasteiger partial charge in [-0.05, 0) is 24.4 Å². The van der Waals surface area contributed by atoms with Crippen molar-refractivity contribution in [3.8, 4) is 0 Å². The normalized spacial score (nSPS) is 23.2. The minimum absolute atomic E-state index is 0.854. The van der Waals surface area contributed by atoms with Gasteiger partial charge in [0.15, 0.2) is 0 Å². The van der Waals surface area contributed by atoms with Crippen LogP contribution in [0.3, 0.4) is 0 Å². The Morgan fingerprint density at radius 2 is 2.67 bits per heavy atom. The van der Waals surface area contributed by atoms with Crippen molar-refractivity contribution in [1.82, 2.24) is 5.32 Å². The van der Waals surface area contributed by atoms with E-state index in [-0.39, 0.29) is 0 Å². The van der Waals surface area contributed by atoms with Crippen LogP contribution in [0, 0.1) is 0 Å². The Balaban J connectivity index is 1.74. The summed E-state index contributed by atoms with van der Waals surface area (Å²) in [6.45, 7) is 2.41. The van der Waals surface area contributed by atoms with Crippen molar-refractivity contribution >= 4 is 23.1 Å². The van der Waals surface area contributed by atoms with Gasteiger partial charge < -0.3 is 5.32 Å². The van der Waals surface area contributed by atoms with Gasteiger partial charge in [-0.2, -0.15) is 11.8 Å². The van der Waals surface area contributed by atoms with Crippen LogP contribution in [0.5, 0.6) is 0 Å². The summed E-state index contributed by atoms with van der Waals surface area (Å²) in [4.78, 5) is 1.51. The topological polar surface area (TPSA) is 12.0 Å². The van der Waals surface area contributed by atoms with E-state index in [0.29, 0.717) is 0 Å². The number of rotatable bonds is 3. The number of thioether (sulfide) groups is 1. The average molecular weight is 199 g/mol. The van der Waals surface area contributed by atoms with Crippen molar-refractivity contribution in [3.05, 3.63) is 22.4 Å². The molecule has 2 heterocycles. The van der Waals surface area contributed by atoms with Crippen molar-refractivity contribution in [3.63, 3.8) is 0 Å². The molecule has 1 aliphatic rings. The summed E-state index contributed by atoms with van der Waals surface area (Å²) in [7, 11) is 0. The maximum atomic E-state index is 3.38. The molecule has 0 spiro atoms. The van der Waals surface area contributed by atoms with Crippen LogP contribution in [-0.2, 0) is 5.75 Å². The van der Waals surface area contributed by atoms with Gasteiger partial charge in [-0.3, -0.25) is 0 Å². The quantitative estimate of drug-likeness (QED) is 0.802. The molecule has 12 heavy (non-hydrogen) atoms. The smallest absolute Gasteiger partial charge is 0.0282 e. The highest BCUT2D eigenvalue weighted by Crippen LogP contribution is 2.24. The Morgan fingerprint density at radius 3 is 3.33 bits per heavy atom. The molecule has 1 atom stereocenters. The highest BCUT2D eigenvalue weighted by Gasteiger charge is 2.14. The third kappa shape index (κ3) is 2.25. The summed E-state index contributed by atoms with van der Waals surface area (Å²) in [5.41, 5.74) is 0. The van der Waals surface area contributed by atoms with Gasteiger partial charge in [0.1, 0.15) is 0 Å². The van der Waals surface area contributed by atoms with Crippen LogP contribution >= 0.6 is 23.1 Å². The van der Waals surface area contributed by atoms with Crippen LogP contribution in [0.15, 0.2) is 17.5 Å². The zero-order valence-corrected chi connectivity index (χ0v) is 8.59. The van der Waals surface area contributed by atoms with Crippen molar-refractivity contribution in [2.45, 2.75) is 17.4 Å². The number of hydrogen-bond acceptors (Lipinski definition) is 3. The van der Waals surface area contributed by atoms with E-state index in [9.17, 15) is 0 Å². The molecular weight excluding hydrogens is 186 g/mol. The molecule has 0 saturated carbocycles. The van der Waals surface area contributed by atoms with Gasteiger partial charge in [0.25, 0.3) is 0 Å². The SMILES string of the molecule is c1csc(CSC2CCNC2)c1. The Labute approximate surface area is 81.6 Å². The second-order valence-corrected chi connectivity index (χ2v) is 5.33. The molecule has 2 rings (SSSR count). The first-order valence-corrected chi connectivity index (χ1v) is 6.23. The first-order chi connectivity index (χ1) is 5.95. The highest BCUT2D eigenvalue weighted by molar-refractivity contribution is 7.99. The second-order valence-electron chi connectivity index (χ2n) is 3.01. The van der Waals surface area contributed by atoms with Gasteiger partial charge in [0.05, 0.1) is 0 Å². The summed E-state index contributed by atoms with van der Waals surface area (Å²) in [6, 6.07) is 4.35. The van der Waals surface area contributed by atoms with Gasteiger partial charge >= 0.3 is 0 Å². The van der Waals surface area contributed by atoms with E-state index in [0.717, 1.165) is 5.25 Å². The van der Waals surface area contributed by atoms with E-state index >= 15 is 0 Å². The molecule has 0 aromatic carbocycles. The molecule has 0 aliphatic carbocycles. The van der Waals surface area contributed by atoms with E-state index in [1.165, 1.54) is 30.1 Å². The third-order valence-electron chi connectivity index (χ3n) is 2.06. The summed E-state index contributed by atoms with van der Waals surface area (Å²) in [6.07, 6.45) is 1.34. The molecule has 66 valence electrons. The molecule has 1 unspecified atom stereocenters. The van der Waals surface area contributed by atoms with Crippen LogP contribution < -0.4 is 5.32 Å². The van der Waals surface area contributed by atoms with E-state index in [2.05, 4.69) is 34.6 Å². The zero-order chi connectivity index (χ0) is 8.23. The molecule has 0 bridgehead atoms. The maximum absolute atomic E-state index is 3.38. The molecule has 3 heteroatoms. The van der Waals surface area contributed by atoms with Gasteiger partial charge in [-0.15, -0.1) is 11.3 Å². The molecule has 1 fully saturated rings. The molecule has 1 aliphatic heterocycles. The third-order valence-corrected chi connectivity index (χ3v) is 4.47. The lowest BCUT2D eigenvalue weighted by molar-refractivity contribution is 0.858. The maximum Gasteiger partial charge on any atom is 0.0282 e. The van der Waals surface area contributed by atoms with Gasteiger partial charge in [-0.1, -0.05) is 6.07 Å². The first kappa shape index (κ1) is 8.60. The summed E-state index contributed by atoms with van der Waals surface area (Å²) in [5, 5.41) is 6.39. The van der Waals surface area contributed by atoms with Crippen molar-refractivity contribution in [1.29, 1.82) is 0 Å². The van der Waals surface area contributed by atoms with Crippen LogP contribution in [-0.4, -0.2) is 18.3 Å². The van der Waals surface area contributed by atoms with Gasteiger partial charge in [0.2, 0.25) is 0 Å². The number of thiophene rings is 1. The lowest BCUT2D eigenvalue weighted by Crippen LogP contribution is -2.10. The van der Waals surface area contributed by atoms with E-state index in [4.69, 9.17) is 0 Å². The molecule has 0 radical (unpaired) electrons. The predicted molar refractivity (Wildman–Crippen MR) is 56.9 cm³/mol. The van der Waals surface area contributed by atoms with Gasteiger partial charge in [-0.25, -0.2) is 0 Å². The Hall–Kier alpha value is 0.01000. The van der Waals surface area contributed by atoms with Crippen molar-refractivity contribution in [2.75, 3.05) is 13.1 Å². The number of hydrogen-bond donors (Lipinski definition) is 1. The number of nitrogens with one attached hydrogen (secondary N) is 1. The second kappa shape index (κ2) is 4.30. The molecule has 1 aromatic rings. The Bertz CT molecular complexity index is 214. The largest absolute Gasteiger partial charge is 0.316 e. The first-order valence-electron chi connectivity index (χ1n) is 4.30. The fourth-order valence-corrected chi connectivity index (χ4v) is 3.35. The minimum atomic E-state index is 0.854. The Morgan fingerprint density at radius 1 is 1.67 bits per heavy atom. The Kier molecular flexibility index (Phi) is 3.08. The van der Waals surface area contributed by atoms with Crippen LogP contribution in [0.2, 0.25) is 0 Å². The van der Waals surface area contributed by atoms with Crippen LogP contribution in [0.1, 0.15) is 11.3 Å². The van der Waals surface area contributed by atoms with E-state index in [1.807, 2.05) is 11.3 Å². The van der Waals surface area contributed by atoms with Crippen LogP contribution in [0.25, 0.3) is 0 Å². The molecule has 0 amide bonds. The molecule has 1 N–H and O–H groups in total. The zero-order valence-electron chi connectivity index (χ0n) is 6.95. The van der Waals surface area contributed by atoms with E-state index in [1.54, 1.807) is 0 Å². The standard InChI is InChI=1S/C9H13NS2/c1-2-9(11-5-1)7-12-8-3-4-10-6-8/h1-2,5,8,10H,3-4,6-7H2. The van der Waals surface area contributed by atoms with Gasteiger partial charge in [0, 0.05) is 22.4 Å². The van der Waals surface area contributed by atoms with Crippen molar-refractivity contribution < 1.29 is 0 Å². The summed E-state index contributed by atoms with van der Waals surface area (Å²) in [5.74, 6) is 1.20. The fourth-order valence-electron chi connectivity index (χ4n) is 1.37. The summed E-state index contributed by atoms with van der Waals surface area (Å²) < 4.78 is 0. The lowest BCUT2D eigenvalue weighted by atomic mass is 10.4. The molecular formula is C9H13NS2. The summed E-state index contributed by atoms with van der Waals surface area (Å²) >= 11 is 3.95. The molecule has 1 aromatic heterocycles.